The topological polar surface area (TPSA) is 43.1 Å². The summed E-state index contributed by atoms with van der Waals surface area (Å²) in [7, 11) is 0. The average Bonchev–Trinajstić information content (AvgIpc) is 2.15. The molecule has 15 heavy (non-hydrogen) atoms. The summed E-state index contributed by atoms with van der Waals surface area (Å²) >= 11 is 12.8. The fourth-order valence-electron chi connectivity index (χ4n) is 0.763. The first-order valence-electron chi connectivity index (χ1n) is 3.93. The molecule has 0 N–H and O–H groups in total. The van der Waals surface area contributed by atoms with Crippen LogP contribution < -0.4 is 0 Å². The predicted molar refractivity (Wildman–Crippen MR) is 63.1 cm³/mol. The quantitative estimate of drug-likeness (QED) is 0.466. The lowest BCUT2D eigenvalue weighted by molar-refractivity contribution is -0.424. The Balaban J connectivity index is 2.82. The molecule has 1 rings (SSSR count). The third-order valence-electron chi connectivity index (χ3n) is 1.54. The summed E-state index contributed by atoms with van der Waals surface area (Å²) in [5.41, 5.74) is 0.0750. The van der Waals surface area contributed by atoms with E-state index in [1.165, 1.54) is 24.1 Å². The number of hydrogen-bond donors (Lipinski definition) is 0. The van der Waals surface area contributed by atoms with Crippen LogP contribution in [0.15, 0.2) is 34.2 Å². The van der Waals surface area contributed by atoms with Crippen molar-refractivity contribution < 1.29 is 4.92 Å². The Kier molecular flexibility index (Phi) is 4.45. The van der Waals surface area contributed by atoms with Gasteiger partial charge in [-0.1, -0.05) is 35.0 Å². The highest BCUT2D eigenvalue weighted by atomic mass is 35.5. The molecule has 0 unspecified atom stereocenters. The lowest BCUT2D eigenvalue weighted by Gasteiger charge is -1.99. The van der Waals surface area contributed by atoms with Crippen molar-refractivity contribution in [1.82, 2.24) is 0 Å². The maximum Gasteiger partial charge on any atom is 0.249 e. The van der Waals surface area contributed by atoms with Crippen molar-refractivity contribution in [3.63, 3.8) is 0 Å². The van der Waals surface area contributed by atoms with Gasteiger partial charge in [-0.05, 0) is 18.2 Å². The second-order valence-electron chi connectivity index (χ2n) is 2.71. The first-order chi connectivity index (χ1) is 7.00. The number of rotatable bonds is 3. The van der Waals surface area contributed by atoms with Crippen LogP contribution in [0.5, 0.6) is 0 Å². The standard InChI is InChI=1S/C9H7Cl2NO2S/c1-6(12(13)14)5-15-9-3-2-7(10)4-8(9)11/h2-5H,1H3. The molecule has 0 saturated heterocycles. The van der Waals surface area contributed by atoms with Gasteiger partial charge >= 0.3 is 0 Å². The molecular weight excluding hydrogens is 257 g/mol. The number of thioether (sulfide) groups is 1. The molecular formula is C9H7Cl2NO2S. The number of hydrogen-bond acceptors (Lipinski definition) is 3. The fraction of sp³-hybridized carbons (Fsp3) is 0.111. The highest BCUT2D eigenvalue weighted by Crippen LogP contribution is 2.30. The molecule has 0 saturated carbocycles. The van der Waals surface area contributed by atoms with Crippen molar-refractivity contribution in [1.29, 1.82) is 0 Å². The number of halogens is 2. The van der Waals surface area contributed by atoms with Crippen LogP contribution in [0.4, 0.5) is 0 Å². The second-order valence-corrected chi connectivity index (χ2v) is 4.46. The molecule has 0 amide bonds. The molecule has 3 nitrogen and oxygen atoms in total. The fourth-order valence-corrected chi connectivity index (χ4v) is 2.01. The molecule has 1 aromatic rings. The number of allylic oxidation sites excluding steroid dienone is 1. The van der Waals surface area contributed by atoms with Gasteiger partial charge in [0, 0.05) is 22.2 Å². The number of nitro groups is 1. The SMILES string of the molecule is CC(=CSc1ccc(Cl)cc1Cl)[N+](=O)[O-]. The zero-order chi connectivity index (χ0) is 11.4. The lowest BCUT2D eigenvalue weighted by Crippen LogP contribution is -1.91. The Morgan fingerprint density at radius 3 is 2.73 bits per heavy atom. The molecule has 0 fully saturated rings. The van der Waals surface area contributed by atoms with Crippen LogP contribution in [-0.4, -0.2) is 4.92 Å². The summed E-state index contributed by atoms with van der Waals surface area (Å²) in [6, 6.07) is 5.00. The monoisotopic (exact) mass is 263 g/mol. The Bertz CT molecular complexity index is 421. The van der Waals surface area contributed by atoms with Crippen molar-refractivity contribution in [2.75, 3.05) is 0 Å². The predicted octanol–water partition coefficient (Wildman–Crippen LogP) is 4.22. The van der Waals surface area contributed by atoms with Gasteiger partial charge in [0.15, 0.2) is 0 Å². The molecule has 0 atom stereocenters. The van der Waals surface area contributed by atoms with Gasteiger partial charge in [0.2, 0.25) is 5.70 Å². The Hall–Kier alpha value is -0.710. The van der Waals surface area contributed by atoms with Gasteiger partial charge in [-0.3, -0.25) is 10.1 Å². The lowest BCUT2D eigenvalue weighted by atomic mass is 10.4. The van der Waals surface area contributed by atoms with Crippen molar-refractivity contribution in [2.45, 2.75) is 11.8 Å². The minimum Gasteiger partial charge on any atom is -0.259 e. The van der Waals surface area contributed by atoms with Gasteiger partial charge in [0.25, 0.3) is 0 Å². The maximum atomic E-state index is 10.3. The van der Waals surface area contributed by atoms with E-state index in [0.717, 1.165) is 4.90 Å². The van der Waals surface area contributed by atoms with E-state index < -0.39 is 4.92 Å². The van der Waals surface area contributed by atoms with Crippen LogP contribution in [0.1, 0.15) is 6.92 Å². The van der Waals surface area contributed by atoms with Crippen LogP contribution >= 0.6 is 35.0 Å². The van der Waals surface area contributed by atoms with E-state index in [9.17, 15) is 10.1 Å². The third kappa shape index (κ3) is 3.74. The van der Waals surface area contributed by atoms with E-state index in [4.69, 9.17) is 23.2 Å². The van der Waals surface area contributed by atoms with Gasteiger partial charge in [-0.25, -0.2) is 0 Å². The number of benzene rings is 1. The van der Waals surface area contributed by atoms with Crippen molar-refractivity contribution in [2.24, 2.45) is 0 Å². The van der Waals surface area contributed by atoms with Crippen LogP contribution in [0.25, 0.3) is 0 Å². The minimum absolute atomic E-state index is 0.0750. The van der Waals surface area contributed by atoms with E-state index >= 15 is 0 Å². The van der Waals surface area contributed by atoms with Crippen LogP contribution in [0.3, 0.4) is 0 Å². The zero-order valence-corrected chi connectivity index (χ0v) is 10.1. The first-order valence-corrected chi connectivity index (χ1v) is 5.57. The second kappa shape index (κ2) is 5.39. The van der Waals surface area contributed by atoms with Crippen molar-refractivity contribution >= 4 is 35.0 Å². The molecule has 1 aromatic carbocycles. The number of nitrogens with zero attached hydrogens (tertiary/aromatic N) is 1. The van der Waals surface area contributed by atoms with Gasteiger partial charge < -0.3 is 0 Å². The largest absolute Gasteiger partial charge is 0.259 e. The van der Waals surface area contributed by atoms with Crippen LogP contribution in [0, 0.1) is 10.1 Å². The minimum atomic E-state index is -0.448. The molecule has 0 aromatic heterocycles. The van der Waals surface area contributed by atoms with E-state index in [-0.39, 0.29) is 5.70 Å². The highest BCUT2D eigenvalue weighted by molar-refractivity contribution is 8.02. The third-order valence-corrected chi connectivity index (χ3v) is 3.27. The molecule has 6 heteroatoms. The summed E-state index contributed by atoms with van der Waals surface area (Å²) in [4.78, 5) is 10.6. The summed E-state index contributed by atoms with van der Waals surface area (Å²) in [6.07, 6.45) is 0. The molecule has 0 aliphatic heterocycles. The molecule has 0 heterocycles. The normalized spacial score (nSPS) is 11.5. The Morgan fingerprint density at radius 2 is 2.20 bits per heavy atom. The summed E-state index contributed by atoms with van der Waals surface area (Å²) in [6.45, 7) is 1.43. The molecule has 0 radical (unpaired) electrons. The smallest absolute Gasteiger partial charge is 0.249 e. The highest BCUT2D eigenvalue weighted by Gasteiger charge is 2.04. The molecule has 0 spiro atoms. The van der Waals surface area contributed by atoms with E-state index in [1.807, 2.05) is 0 Å². The summed E-state index contributed by atoms with van der Waals surface area (Å²) in [5, 5.41) is 12.8. The Labute approximate surface area is 101 Å². The van der Waals surface area contributed by atoms with Gasteiger partial charge in [-0.2, -0.15) is 0 Å². The van der Waals surface area contributed by atoms with Crippen molar-refractivity contribution in [3.8, 4) is 0 Å². The van der Waals surface area contributed by atoms with E-state index in [0.29, 0.717) is 10.0 Å². The molecule has 0 aliphatic carbocycles. The van der Waals surface area contributed by atoms with Crippen LogP contribution in [0.2, 0.25) is 10.0 Å². The molecule has 0 bridgehead atoms. The van der Waals surface area contributed by atoms with Crippen LogP contribution in [-0.2, 0) is 0 Å². The van der Waals surface area contributed by atoms with Gasteiger partial charge in [-0.15, -0.1) is 0 Å². The van der Waals surface area contributed by atoms with Crippen molar-refractivity contribution in [3.05, 3.63) is 49.5 Å². The van der Waals surface area contributed by atoms with E-state index in [2.05, 4.69) is 0 Å². The van der Waals surface area contributed by atoms with Gasteiger partial charge in [0.05, 0.1) is 9.95 Å². The average molecular weight is 264 g/mol. The maximum absolute atomic E-state index is 10.3. The van der Waals surface area contributed by atoms with Gasteiger partial charge in [0.1, 0.15) is 0 Å². The molecule has 0 aliphatic rings. The molecule has 80 valence electrons. The van der Waals surface area contributed by atoms with E-state index in [1.54, 1.807) is 18.2 Å². The Morgan fingerprint density at radius 1 is 1.53 bits per heavy atom. The first kappa shape index (κ1) is 12.4. The summed E-state index contributed by atoms with van der Waals surface area (Å²) in [5.74, 6) is 0. The zero-order valence-electron chi connectivity index (χ0n) is 7.74. The summed E-state index contributed by atoms with van der Waals surface area (Å²) < 4.78 is 0.